The number of rotatable bonds is 5. The van der Waals surface area contributed by atoms with E-state index in [1.807, 2.05) is 32.0 Å². The average molecular weight is 335 g/mol. The molecule has 0 aliphatic heterocycles. The molecular weight excluding hydrogens is 314 g/mol. The monoisotopic (exact) mass is 335 g/mol. The Balaban J connectivity index is 2.57. The number of hydrogen-bond acceptors (Lipinski definition) is 4. The second-order valence-electron chi connectivity index (χ2n) is 5.34. The van der Waals surface area contributed by atoms with Gasteiger partial charge in [-0.25, -0.2) is 8.42 Å². The minimum atomic E-state index is -3.77. The van der Waals surface area contributed by atoms with Crippen LogP contribution in [0.2, 0.25) is 0 Å². The van der Waals surface area contributed by atoms with Crippen molar-refractivity contribution < 1.29 is 17.9 Å². The Bertz CT molecular complexity index is 795. The van der Waals surface area contributed by atoms with Crippen molar-refractivity contribution in [3.05, 3.63) is 47.5 Å². The average Bonchev–Trinajstić information content (AvgIpc) is 2.52. The standard InChI is InChI=1S/C17H21NO4S/c1-12-8-13(2)10-14(9-12)18(3)23(19,20)17-11-15(21-4)6-7-16(17)22-5/h6-11H,1-5H3. The summed E-state index contributed by atoms with van der Waals surface area (Å²) in [5.74, 6) is 0.736. The maximum Gasteiger partial charge on any atom is 0.267 e. The number of hydrogen-bond donors (Lipinski definition) is 0. The molecule has 0 aromatic heterocycles. The molecule has 0 aliphatic rings. The van der Waals surface area contributed by atoms with E-state index in [4.69, 9.17) is 9.47 Å². The van der Waals surface area contributed by atoms with Crippen molar-refractivity contribution in [1.82, 2.24) is 0 Å². The largest absolute Gasteiger partial charge is 0.497 e. The molecule has 6 heteroatoms. The number of ether oxygens (including phenoxy) is 2. The van der Waals surface area contributed by atoms with Crippen LogP contribution < -0.4 is 13.8 Å². The molecule has 0 N–H and O–H groups in total. The molecule has 0 saturated heterocycles. The molecule has 23 heavy (non-hydrogen) atoms. The first-order valence-electron chi connectivity index (χ1n) is 7.09. The first kappa shape index (κ1) is 17.1. The maximum absolute atomic E-state index is 13.0. The zero-order valence-corrected chi connectivity index (χ0v) is 14.8. The van der Waals surface area contributed by atoms with Gasteiger partial charge in [0.15, 0.2) is 0 Å². The highest BCUT2D eigenvalue weighted by Crippen LogP contribution is 2.32. The van der Waals surface area contributed by atoms with E-state index < -0.39 is 10.0 Å². The summed E-state index contributed by atoms with van der Waals surface area (Å²) >= 11 is 0. The molecule has 0 fully saturated rings. The number of aryl methyl sites for hydroxylation is 2. The minimum Gasteiger partial charge on any atom is -0.497 e. The van der Waals surface area contributed by atoms with E-state index in [1.165, 1.54) is 31.6 Å². The van der Waals surface area contributed by atoms with E-state index in [0.29, 0.717) is 11.4 Å². The summed E-state index contributed by atoms with van der Waals surface area (Å²) in [5, 5.41) is 0. The normalized spacial score (nSPS) is 11.2. The van der Waals surface area contributed by atoms with Crippen molar-refractivity contribution in [2.75, 3.05) is 25.6 Å². The maximum atomic E-state index is 13.0. The Morgan fingerprint density at radius 3 is 2.04 bits per heavy atom. The Morgan fingerprint density at radius 1 is 0.913 bits per heavy atom. The van der Waals surface area contributed by atoms with Gasteiger partial charge in [0.05, 0.1) is 19.9 Å². The molecule has 124 valence electrons. The molecule has 2 aromatic carbocycles. The first-order valence-corrected chi connectivity index (χ1v) is 8.53. The Labute approximate surface area is 137 Å². The Kier molecular flexibility index (Phi) is 4.85. The molecule has 2 aromatic rings. The number of nitrogens with zero attached hydrogens (tertiary/aromatic N) is 1. The van der Waals surface area contributed by atoms with E-state index in [9.17, 15) is 8.42 Å². The van der Waals surface area contributed by atoms with Crippen LogP contribution in [0.4, 0.5) is 5.69 Å². The highest BCUT2D eigenvalue weighted by Gasteiger charge is 2.26. The summed E-state index contributed by atoms with van der Waals surface area (Å²) < 4.78 is 37.6. The zero-order valence-electron chi connectivity index (χ0n) is 14.0. The highest BCUT2D eigenvalue weighted by atomic mass is 32.2. The van der Waals surface area contributed by atoms with E-state index in [0.717, 1.165) is 11.1 Å². The van der Waals surface area contributed by atoms with Crippen molar-refractivity contribution in [3.63, 3.8) is 0 Å². The molecule has 0 amide bonds. The molecular formula is C17H21NO4S. The lowest BCUT2D eigenvalue weighted by atomic mass is 10.1. The lowest BCUT2D eigenvalue weighted by Gasteiger charge is -2.22. The van der Waals surface area contributed by atoms with Crippen molar-refractivity contribution in [2.45, 2.75) is 18.7 Å². The van der Waals surface area contributed by atoms with Crippen molar-refractivity contribution >= 4 is 15.7 Å². The molecule has 0 heterocycles. The van der Waals surface area contributed by atoms with Gasteiger partial charge in [-0.05, 0) is 49.2 Å². The van der Waals surface area contributed by atoms with Crippen LogP contribution in [0.25, 0.3) is 0 Å². The van der Waals surface area contributed by atoms with E-state index in [2.05, 4.69) is 0 Å². The summed E-state index contributed by atoms with van der Waals surface area (Å²) in [6.45, 7) is 3.87. The number of anilines is 1. The SMILES string of the molecule is COc1ccc(OC)c(S(=O)(=O)N(C)c2cc(C)cc(C)c2)c1. The van der Waals surface area contributed by atoms with Crippen LogP contribution in [-0.2, 0) is 10.0 Å². The summed E-state index contributed by atoms with van der Waals surface area (Å²) in [7, 11) is 0.692. The fraction of sp³-hybridized carbons (Fsp3) is 0.294. The molecule has 2 rings (SSSR count). The highest BCUT2D eigenvalue weighted by molar-refractivity contribution is 7.92. The smallest absolute Gasteiger partial charge is 0.267 e. The predicted octanol–water partition coefficient (Wildman–Crippen LogP) is 3.15. The Morgan fingerprint density at radius 2 is 1.52 bits per heavy atom. The van der Waals surface area contributed by atoms with Crippen LogP contribution in [0, 0.1) is 13.8 Å². The number of benzene rings is 2. The molecule has 0 aliphatic carbocycles. The van der Waals surface area contributed by atoms with Crippen LogP contribution in [0.1, 0.15) is 11.1 Å². The zero-order chi connectivity index (χ0) is 17.2. The van der Waals surface area contributed by atoms with Gasteiger partial charge in [-0.1, -0.05) is 6.07 Å². The number of sulfonamides is 1. The van der Waals surface area contributed by atoms with Gasteiger partial charge in [0.1, 0.15) is 16.4 Å². The van der Waals surface area contributed by atoms with Gasteiger partial charge >= 0.3 is 0 Å². The molecule has 0 bridgehead atoms. The lowest BCUT2D eigenvalue weighted by molar-refractivity contribution is 0.392. The van der Waals surface area contributed by atoms with Crippen LogP contribution >= 0.6 is 0 Å². The van der Waals surface area contributed by atoms with Gasteiger partial charge in [0.2, 0.25) is 0 Å². The second kappa shape index (κ2) is 6.50. The summed E-state index contributed by atoms with van der Waals surface area (Å²) in [4.78, 5) is 0.0704. The molecule has 0 unspecified atom stereocenters. The topological polar surface area (TPSA) is 55.8 Å². The molecule has 0 saturated carbocycles. The third kappa shape index (κ3) is 3.42. The van der Waals surface area contributed by atoms with Crippen LogP contribution in [-0.4, -0.2) is 29.7 Å². The quantitative estimate of drug-likeness (QED) is 0.842. The van der Waals surface area contributed by atoms with Gasteiger partial charge in [-0.2, -0.15) is 0 Å². The van der Waals surface area contributed by atoms with Gasteiger partial charge in [-0.15, -0.1) is 0 Å². The van der Waals surface area contributed by atoms with Gasteiger partial charge < -0.3 is 9.47 Å². The lowest BCUT2D eigenvalue weighted by Crippen LogP contribution is -2.27. The summed E-state index contributed by atoms with van der Waals surface area (Å²) in [6, 6.07) is 10.4. The minimum absolute atomic E-state index is 0.0704. The fourth-order valence-corrected chi connectivity index (χ4v) is 3.75. The van der Waals surface area contributed by atoms with Gasteiger partial charge in [0.25, 0.3) is 10.0 Å². The predicted molar refractivity (Wildman–Crippen MR) is 91.1 cm³/mol. The molecule has 5 nitrogen and oxygen atoms in total. The van der Waals surface area contributed by atoms with Crippen molar-refractivity contribution in [2.24, 2.45) is 0 Å². The van der Waals surface area contributed by atoms with Crippen molar-refractivity contribution in [1.29, 1.82) is 0 Å². The first-order chi connectivity index (χ1) is 10.8. The van der Waals surface area contributed by atoms with Crippen LogP contribution in [0.15, 0.2) is 41.3 Å². The van der Waals surface area contributed by atoms with Gasteiger partial charge in [0, 0.05) is 13.1 Å². The van der Waals surface area contributed by atoms with E-state index >= 15 is 0 Å². The second-order valence-corrected chi connectivity index (χ2v) is 7.27. The van der Waals surface area contributed by atoms with Crippen molar-refractivity contribution in [3.8, 4) is 11.5 Å². The van der Waals surface area contributed by atoms with E-state index in [-0.39, 0.29) is 10.6 Å². The molecule has 0 spiro atoms. The summed E-state index contributed by atoms with van der Waals surface area (Å²) in [6.07, 6.45) is 0. The van der Waals surface area contributed by atoms with Crippen LogP contribution in [0.5, 0.6) is 11.5 Å². The van der Waals surface area contributed by atoms with E-state index in [1.54, 1.807) is 12.1 Å². The molecule has 0 atom stereocenters. The van der Waals surface area contributed by atoms with Crippen LogP contribution in [0.3, 0.4) is 0 Å². The third-order valence-electron chi connectivity index (χ3n) is 3.58. The summed E-state index contributed by atoms with van der Waals surface area (Å²) in [5.41, 5.74) is 2.60. The Hall–Kier alpha value is -2.21. The van der Waals surface area contributed by atoms with Gasteiger partial charge in [-0.3, -0.25) is 4.31 Å². The molecule has 0 radical (unpaired) electrons. The fourth-order valence-electron chi connectivity index (χ4n) is 2.40. The third-order valence-corrected chi connectivity index (χ3v) is 5.39. The number of methoxy groups -OCH3 is 2.